The second-order valence-corrected chi connectivity index (χ2v) is 2.86. The summed E-state index contributed by atoms with van der Waals surface area (Å²) in [7, 11) is 2.49. The first-order chi connectivity index (χ1) is 6.40. The lowest BCUT2D eigenvalue weighted by Gasteiger charge is -2.22. The smallest absolute Gasteiger partial charge is 0.211 e. The Hall–Kier alpha value is -0.600. The van der Waals surface area contributed by atoms with E-state index < -0.39 is 0 Å². The molecule has 2 atom stereocenters. The molecule has 0 aliphatic carbocycles. The van der Waals surface area contributed by atoms with E-state index in [4.69, 9.17) is 4.74 Å². The van der Waals surface area contributed by atoms with Crippen LogP contribution in [0.3, 0.4) is 0 Å². The van der Waals surface area contributed by atoms with Gasteiger partial charge in [-0.2, -0.15) is 5.10 Å². The molecule has 0 saturated heterocycles. The molecule has 0 bridgehead atoms. The quantitative estimate of drug-likeness (QED) is 0.690. The van der Waals surface area contributed by atoms with E-state index in [-0.39, 0.29) is 0 Å². The molecule has 0 spiro atoms. The summed E-state index contributed by atoms with van der Waals surface area (Å²) >= 11 is 0. The van der Waals surface area contributed by atoms with Crippen LogP contribution in [0, 0.1) is 0 Å². The highest BCUT2D eigenvalue weighted by Crippen LogP contribution is 2.15. The average molecular weight is 201 g/mol. The zero-order valence-corrected chi connectivity index (χ0v) is 9.18. The SMILES string of the molecule is CC.PNC1COc2ccnn2C1. The highest BCUT2D eigenvalue weighted by Gasteiger charge is 2.17. The number of aromatic nitrogens is 2. The second-order valence-electron chi connectivity index (χ2n) is 2.53. The fourth-order valence-electron chi connectivity index (χ4n) is 1.13. The Kier molecular flexibility index (Phi) is 4.19. The van der Waals surface area contributed by atoms with E-state index in [1.54, 1.807) is 6.20 Å². The van der Waals surface area contributed by atoms with E-state index in [2.05, 4.69) is 19.6 Å². The molecule has 5 heteroatoms. The van der Waals surface area contributed by atoms with Crippen molar-refractivity contribution in [2.24, 2.45) is 0 Å². The van der Waals surface area contributed by atoms with Crippen molar-refractivity contribution in [1.29, 1.82) is 0 Å². The van der Waals surface area contributed by atoms with Crippen LogP contribution in [0.4, 0.5) is 0 Å². The summed E-state index contributed by atoms with van der Waals surface area (Å²) in [5, 5.41) is 7.16. The van der Waals surface area contributed by atoms with Gasteiger partial charge < -0.3 is 4.74 Å². The van der Waals surface area contributed by atoms with E-state index in [0.29, 0.717) is 6.04 Å². The van der Waals surface area contributed by atoms with Crippen LogP contribution in [-0.2, 0) is 6.54 Å². The Morgan fingerprint density at radius 2 is 2.46 bits per heavy atom. The van der Waals surface area contributed by atoms with Gasteiger partial charge in [-0.25, -0.2) is 4.68 Å². The third-order valence-electron chi connectivity index (χ3n) is 1.74. The van der Waals surface area contributed by atoms with Crippen LogP contribution in [0.5, 0.6) is 5.88 Å². The van der Waals surface area contributed by atoms with Gasteiger partial charge in [-0.1, -0.05) is 23.2 Å². The molecule has 1 aliphatic rings. The van der Waals surface area contributed by atoms with Crippen molar-refractivity contribution in [3.63, 3.8) is 0 Å². The Labute approximate surface area is 80.9 Å². The molecule has 0 radical (unpaired) electrons. The van der Waals surface area contributed by atoms with Gasteiger partial charge in [-0.05, 0) is 0 Å². The molecule has 2 unspecified atom stereocenters. The number of hydrogen-bond acceptors (Lipinski definition) is 3. The largest absolute Gasteiger partial charge is 0.476 e. The van der Waals surface area contributed by atoms with E-state index in [9.17, 15) is 0 Å². The maximum absolute atomic E-state index is 5.39. The fraction of sp³-hybridized carbons (Fsp3) is 0.625. The standard InChI is InChI=1S/C6H10N3OP.C2H6/c11-8-5-3-9-6(10-4-5)1-2-7-9;1-2/h1-2,5,8H,3-4,11H2;1-2H3. The van der Waals surface area contributed by atoms with Gasteiger partial charge >= 0.3 is 0 Å². The number of nitrogens with zero attached hydrogens (tertiary/aromatic N) is 2. The van der Waals surface area contributed by atoms with E-state index in [1.807, 2.05) is 24.6 Å². The number of hydrogen-bond donors (Lipinski definition) is 1. The molecule has 74 valence electrons. The molecule has 2 rings (SSSR count). The summed E-state index contributed by atoms with van der Waals surface area (Å²) < 4.78 is 7.24. The van der Waals surface area contributed by atoms with Crippen LogP contribution < -0.4 is 9.82 Å². The summed E-state index contributed by atoms with van der Waals surface area (Å²) in [5.41, 5.74) is 0. The Morgan fingerprint density at radius 1 is 1.69 bits per heavy atom. The van der Waals surface area contributed by atoms with Crippen molar-refractivity contribution in [3.8, 4) is 5.88 Å². The van der Waals surface area contributed by atoms with Gasteiger partial charge in [0, 0.05) is 6.07 Å². The molecule has 4 nitrogen and oxygen atoms in total. The summed E-state index contributed by atoms with van der Waals surface area (Å²) in [4.78, 5) is 0. The van der Waals surface area contributed by atoms with Gasteiger partial charge in [-0.15, -0.1) is 0 Å². The van der Waals surface area contributed by atoms with Crippen LogP contribution in [0.2, 0.25) is 0 Å². The predicted molar refractivity (Wildman–Crippen MR) is 55.7 cm³/mol. The van der Waals surface area contributed by atoms with E-state index >= 15 is 0 Å². The van der Waals surface area contributed by atoms with Gasteiger partial charge in [-0.3, -0.25) is 5.09 Å². The highest BCUT2D eigenvalue weighted by molar-refractivity contribution is 7.13. The molecule has 0 fully saturated rings. The molecular formula is C8H16N3OP. The van der Waals surface area contributed by atoms with E-state index in [1.165, 1.54) is 0 Å². The Balaban J connectivity index is 0.000000396. The zero-order chi connectivity index (χ0) is 9.68. The Bertz CT molecular complexity index is 251. The molecule has 1 aromatic rings. The van der Waals surface area contributed by atoms with E-state index in [0.717, 1.165) is 19.0 Å². The van der Waals surface area contributed by atoms with Crippen molar-refractivity contribution in [2.45, 2.75) is 26.4 Å². The monoisotopic (exact) mass is 201 g/mol. The summed E-state index contributed by atoms with van der Waals surface area (Å²) in [5.74, 6) is 0.863. The van der Waals surface area contributed by atoms with Gasteiger partial charge in [0.25, 0.3) is 0 Å². The Morgan fingerprint density at radius 3 is 3.15 bits per heavy atom. The highest BCUT2D eigenvalue weighted by atomic mass is 31.0. The maximum atomic E-state index is 5.39. The van der Waals surface area contributed by atoms with Gasteiger partial charge in [0.15, 0.2) is 0 Å². The second kappa shape index (κ2) is 5.20. The lowest BCUT2D eigenvalue weighted by molar-refractivity contribution is 0.199. The van der Waals surface area contributed by atoms with Crippen molar-refractivity contribution < 1.29 is 4.74 Å². The first-order valence-corrected chi connectivity index (χ1v) is 5.08. The lowest BCUT2D eigenvalue weighted by atomic mass is 10.3. The van der Waals surface area contributed by atoms with Crippen molar-refractivity contribution in [1.82, 2.24) is 14.9 Å². The van der Waals surface area contributed by atoms with Crippen LogP contribution >= 0.6 is 9.39 Å². The molecule has 0 amide bonds. The van der Waals surface area contributed by atoms with Crippen LogP contribution in [0.15, 0.2) is 12.3 Å². The minimum atomic E-state index is 0.354. The third kappa shape index (κ3) is 2.42. The summed E-state index contributed by atoms with van der Waals surface area (Å²) in [6.45, 7) is 5.60. The molecule has 2 heterocycles. The number of nitrogens with one attached hydrogen (secondary N) is 1. The minimum Gasteiger partial charge on any atom is -0.476 e. The first-order valence-electron chi connectivity index (χ1n) is 4.51. The predicted octanol–water partition coefficient (Wildman–Crippen LogP) is 1.05. The molecule has 0 saturated carbocycles. The molecule has 13 heavy (non-hydrogen) atoms. The molecule has 0 aromatic carbocycles. The van der Waals surface area contributed by atoms with Gasteiger partial charge in [0.05, 0.1) is 18.8 Å². The molecule has 1 aliphatic heterocycles. The number of fused-ring (bicyclic) bond motifs is 1. The topological polar surface area (TPSA) is 39.1 Å². The lowest BCUT2D eigenvalue weighted by Crippen LogP contribution is -2.37. The first kappa shape index (κ1) is 10.5. The third-order valence-corrected chi connectivity index (χ3v) is 2.21. The van der Waals surface area contributed by atoms with Crippen molar-refractivity contribution >= 4 is 9.39 Å². The molecule has 1 aromatic heterocycles. The molecule has 1 N–H and O–H groups in total. The zero-order valence-electron chi connectivity index (χ0n) is 8.03. The number of ether oxygens (including phenoxy) is 1. The van der Waals surface area contributed by atoms with Crippen LogP contribution in [-0.4, -0.2) is 22.4 Å². The molecular weight excluding hydrogens is 185 g/mol. The van der Waals surface area contributed by atoms with Crippen molar-refractivity contribution in [3.05, 3.63) is 12.3 Å². The normalized spacial score (nSPS) is 19.5. The average Bonchev–Trinajstić information content (AvgIpc) is 2.67. The number of rotatable bonds is 1. The van der Waals surface area contributed by atoms with Gasteiger partial charge in [0.2, 0.25) is 5.88 Å². The van der Waals surface area contributed by atoms with Crippen molar-refractivity contribution in [2.75, 3.05) is 6.61 Å². The van der Waals surface area contributed by atoms with Gasteiger partial charge in [0.1, 0.15) is 6.61 Å². The maximum Gasteiger partial charge on any atom is 0.211 e. The van der Waals surface area contributed by atoms with Crippen LogP contribution in [0.25, 0.3) is 0 Å². The fourth-order valence-corrected chi connectivity index (χ4v) is 1.33. The minimum absolute atomic E-state index is 0.354. The summed E-state index contributed by atoms with van der Waals surface area (Å²) in [6, 6.07) is 2.23. The summed E-state index contributed by atoms with van der Waals surface area (Å²) in [6.07, 6.45) is 1.75. The van der Waals surface area contributed by atoms with Crippen LogP contribution in [0.1, 0.15) is 13.8 Å².